The molecule has 9 rings (SSSR count). The van der Waals surface area contributed by atoms with E-state index in [-0.39, 0.29) is 24.7 Å². The summed E-state index contributed by atoms with van der Waals surface area (Å²) in [5, 5.41) is 156. The number of carbonyl (C=O) groups excluding carboxylic acids is 2. The molecule has 490 valence electrons. The summed E-state index contributed by atoms with van der Waals surface area (Å²) in [6.07, 6.45) is -32.4. The van der Waals surface area contributed by atoms with Gasteiger partial charge in [0.25, 0.3) is 0 Å². The van der Waals surface area contributed by atoms with Crippen LogP contribution in [0.5, 0.6) is 0 Å². The van der Waals surface area contributed by atoms with E-state index in [1.165, 1.54) is 6.92 Å². The van der Waals surface area contributed by atoms with E-state index in [0.29, 0.717) is 37.7 Å². The molecular weight excluding hydrogens is 1140 g/mol. The number of rotatable bonds is 15. The van der Waals surface area contributed by atoms with Gasteiger partial charge in [-0.25, -0.2) is 9.59 Å². The van der Waals surface area contributed by atoms with Crippen LogP contribution in [0.1, 0.15) is 107 Å². The first-order valence-corrected chi connectivity index (χ1v) is 30.0. The van der Waals surface area contributed by atoms with Crippen molar-refractivity contribution in [3.05, 3.63) is 23.3 Å². The number of aliphatic hydroxyl groups excluding tert-OH is 13. The Bertz CT molecular complexity index is 2510. The van der Waals surface area contributed by atoms with Crippen molar-refractivity contribution in [3.63, 3.8) is 0 Å². The number of aliphatic hydroxyl groups is 13. The van der Waals surface area contributed by atoms with Gasteiger partial charge in [0.15, 0.2) is 31.3 Å². The Morgan fingerprint density at radius 1 is 0.640 bits per heavy atom. The summed E-state index contributed by atoms with van der Waals surface area (Å²) in [5.41, 5.74) is -4.00. The molecule has 8 fully saturated rings. The number of esters is 2. The predicted octanol–water partition coefficient (Wildman–Crippen LogP) is -2.22. The molecule has 0 aromatic rings. The Morgan fingerprint density at radius 3 is 1.88 bits per heavy atom. The van der Waals surface area contributed by atoms with E-state index in [0.717, 1.165) is 5.57 Å². The molecule has 4 saturated heterocycles. The van der Waals surface area contributed by atoms with Gasteiger partial charge < -0.3 is 119 Å². The summed E-state index contributed by atoms with van der Waals surface area (Å²) in [6.45, 7) is 13.6. The van der Waals surface area contributed by atoms with Crippen LogP contribution in [0.4, 0.5) is 0 Å². The van der Waals surface area contributed by atoms with Crippen molar-refractivity contribution in [2.24, 2.45) is 50.2 Å². The minimum Gasteiger partial charge on any atom is -0.479 e. The van der Waals surface area contributed by atoms with E-state index >= 15 is 0 Å². The number of ether oxygens (including phenoxy) is 10. The molecule has 4 saturated carbocycles. The highest BCUT2D eigenvalue weighted by Crippen LogP contribution is 2.76. The average Bonchev–Trinajstić information content (AvgIpc) is 0.672. The quantitative estimate of drug-likeness (QED) is 0.0357. The van der Waals surface area contributed by atoms with Gasteiger partial charge in [0.2, 0.25) is 0 Å². The van der Waals surface area contributed by atoms with Gasteiger partial charge >= 0.3 is 17.9 Å². The number of carbonyl (C=O) groups is 3. The number of fused-ring (bicyclic) bond motifs is 7. The molecule has 30 atom stereocenters. The number of hydrogen-bond acceptors (Lipinski definition) is 26. The molecule has 14 N–H and O–H groups in total. The minimum atomic E-state index is -2.26. The zero-order valence-corrected chi connectivity index (χ0v) is 50.1. The van der Waals surface area contributed by atoms with Crippen molar-refractivity contribution in [1.29, 1.82) is 0 Å². The summed E-state index contributed by atoms with van der Waals surface area (Å²) in [5.74, 6) is -4.02. The van der Waals surface area contributed by atoms with Crippen molar-refractivity contribution in [2.75, 3.05) is 33.0 Å². The Labute approximate surface area is 498 Å². The fraction of sp³-hybridized carbons (Fsp3) is 0.881. The number of allylic oxidation sites excluding steroid dienone is 3. The molecule has 0 spiro atoms. The van der Waals surface area contributed by atoms with Gasteiger partial charge in [-0.05, 0) is 92.8 Å². The molecule has 4 heterocycles. The molecule has 9 aliphatic rings. The van der Waals surface area contributed by atoms with E-state index in [1.54, 1.807) is 19.9 Å². The Balaban J connectivity index is 1.05. The van der Waals surface area contributed by atoms with Gasteiger partial charge in [-0.15, -0.1) is 0 Å². The maximum Gasteiger partial charge on any atom is 0.335 e. The van der Waals surface area contributed by atoms with Crippen LogP contribution in [0.25, 0.3) is 0 Å². The minimum absolute atomic E-state index is 0.118. The SMILES string of the molecule is C/C=C(/C)C(=O)O[C@H]1[C@H](OC(C)=O)[C@]2(CO)[C@H](O)C[C@]3(C)C(=CC[C@@H]4[C@@]5(C)CC[C@H](O[C@@H]6O[C@H](C(=O)O)[C@@H](O)[C@H](O[C@@H]7OC[C@H](O)[C@H](O)[C@H]7OC7OCC(O)C(O)C7O)[C@H]6O[C@@H]6O[C@H](CO)[C@H](O)[C@H](O)[C@H]6O)[C@@](C)(CO)[C@@H]5CC[C@]43C)[C@@H]2CC1(C)C. The van der Waals surface area contributed by atoms with Crippen molar-refractivity contribution >= 4 is 17.9 Å². The van der Waals surface area contributed by atoms with Crippen LogP contribution in [-0.2, 0) is 61.8 Å². The van der Waals surface area contributed by atoms with Crippen molar-refractivity contribution < 1.29 is 133 Å². The van der Waals surface area contributed by atoms with Gasteiger partial charge in [-0.2, -0.15) is 0 Å². The molecule has 0 aromatic carbocycles. The summed E-state index contributed by atoms with van der Waals surface area (Å²) < 4.78 is 60.7. The predicted molar refractivity (Wildman–Crippen MR) is 290 cm³/mol. The second-order valence-corrected chi connectivity index (χ2v) is 27.4. The van der Waals surface area contributed by atoms with Crippen LogP contribution in [0, 0.1) is 50.2 Å². The first-order valence-electron chi connectivity index (χ1n) is 30.0. The van der Waals surface area contributed by atoms with E-state index in [2.05, 4.69) is 26.8 Å². The number of aliphatic carboxylic acids is 1. The first kappa shape index (κ1) is 67.4. The lowest BCUT2D eigenvalue weighted by Crippen LogP contribution is -2.72. The maximum absolute atomic E-state index is 13.5. The number of hydrogen-bond donors (Lipinski definition) is 14. The molecule has 27 nitrogen and oxygen atoms in total. The van der Waals surface area contributed by atoms with Gasteiger partial charge in [0.1, 0.15) is 91.6 Å². The van der Waals surface area contributed by atoms with E-state index < -0.39 is 224 Å². The third-order valence-corrected chi connectivity index (χ3v) is 22.4. The van der Waals surface area contributed by atoms with Gasteiger partial charge in [-0.1, -0.05) is 59.3 Å². The van der Waals surface area contributed by atoms with Crippen LogP contribution in [0.15, 0.2) is 23.3 Å². The number of carboxylic acid groups (broad SMARTS) is 1. The lowest BCUT2D eigenvalue weighted by Gasteiger charge is -2.72. The normalized spacial score (nSPS) is 51.2. The Morgan fingerprint density at radius 2 is 1.27 bits per heavy atom. The smallest absolute Gasteiger partial charge is 0.335 e. The van der Waals surface area contributed by atoms with E-state index in [1.807, 2.05) is 20.8 Å². The molecule has 4 aliphatic heterocycles. The van der Waals surface area contributed by atoms with Crippen molar-refractivity contribution in [1.82, 2.24) is 0 Å². The van der Waals surface area contributed by atoms with Gasteiger partial charge in [-0.3, -0.25) is 4.79 Å². The highest BCUT2D eigenvalue weighted by Gasteiger charge is 2.74. The Kier molecular flexibility index (Phi) is 19.5. The van der Waals surface area contributed by atoms with Crippen LogP contribution in [0.3, 0.4) is 0 Å². The third-order valence-electron chi connectivity index (χ3n) is 22.4. The van der Waals surface area contributed by atoms with Crippen molar-refractivity contribution in [3.8, 4) is 0 Å². The lowest BCUT2D eigenvalue weighted by molar-refractivity contribution is -0.400. The summed E-state index contributed by atoms with van der Waals surface area (Å²) >= 11 is 0. The second kappa shape index (κ2) is 24.9. The van der Waals surface area contributed by atoms with Crippen LogP contribution >= 0.6 is 0 Å². The van der Waals surface area contributed by atoms with Crippen LogP contribution in [-0.4, -0.2) is 257 Å². The molecule has 4 unspecified atom stereocenters. The monoisotopic (exact) mass is 1230 g/mol. The Hall–Kier alpha value is -2.95. The molecule has 0 radical (unpaired) electrons. The second-order valence-electron chi connectivity index (χ2n) is 27.4. The molecule has 27 heteroatoms. The molecule has 86 heavy (non-hydrogen) atoms. The van der Waals surface area contributed by atoms with Crippen LogP contribution in [0.2, 0.25) is 0 Å². The molecule has 0 bridgehead atoms. The molecule has 0 amide bonds. The largest absolute Gasteiger partial charge is 0.479 e. The third kappa shape index (κ3) is 11.0. The van der Waals surface area contributed by atoms with Gasteiger partial charge in [0.05, 0.1) is 50.7 Å². The van der Waals surface area contributed by atoms with Crippen molar-refractivity contribution in [2.45, 2.75) is 242 Å². The van der Waals surface area contributed by atoms with Gasteiger partial charge in [0, 0.05) is 23.3 Å². The number of carboxylic acids is 1. The van der Waals surface area contributed by atoms with E-state index in [9.17, 15) is 85.9 Å². The fourth-order valence-electron chi connectivity index (χ4n) is 17.1. The molecular formula is C59H92O27. The van der Waals surface area contributed by atoms with E-state index in [4.69, 9.17) is 47.4 Å². The maximum atomic E-state index is 13.5. The summed E-state index contributed by atoms with van der Waals surface area (Å²) in [6, 6.07) is 0. The summed E-state index contributed by atoms with van der Waals surface area (Å²) in [4.78, 5) is 39.7. The summed E-state index contributed by atoms with van der Waals surface area (Å²) in [7, 11) is 0. The molecule has 0 aromatic heterocycles. The fourth-order valence-corrected chi connectivity index (χ4v) is 17.1. The van der Waals surface area contributed by atoms with Crippen LogP contribution < -0.4 is 0 Å². The topological polar surface area (TPSA) is 427 Å². The highest BCUT2D eigenvalue weighted by molar-refractivity contribution is 5.87. The zero-order valence-electron chi connectivity index (χ0n) is 50.1. The highest BCUT2D eigenvalue weighted by atomic mass is 16.8. The molecule has 5 aliphatic carbocycles. The zero-order chi connectivity index (χ0) is 63.3. The first-order chi connectivity index (χ1) is 40.3. The lowest BCUT2D eigenvalue weighted by atomic mass is 9.33. The average molecular weight is 1230 g/mol. The standard InChI is InChI=1S/C59H92O27/c1-10-24(2)49(76)86-46-47(79-25(3)63)59(23-62)27(17-54(46,4)5)26-11-12-32-55(6)15-14-34(56(7,22-61)31(55)13-16-57(32,8)58(26,9)18-33(59)66)81-53-45(85-51-40(72)38(70)37(69)30(19-60)80-51)42(41(73)43(83-53)48(74)75)82-52-44(36(68)29(65)21-78-52)84-50-39(71)35(67)28(64)20-77-50/h10-11,27-47,50-53,60-62,64-73H,12-23H2,1-9H3,(H,74,75)/b24-10-/t27-,28?,29-,30+,31+,32+,33+,34-,35?,36-,37-,38-,39?,40+,41-,42-,43-,44+,45+,46-,47-,50?,51-,52-,53+,55-,56-,57+,58+,59-/m0/s1.